The van der Waals surface area contributed by atoms with Crippen molar-refractivity contribution in [3.05, 3.63) is 64.8 Å². The Bertz CT molecular complexity index is 1240. The Hall–Kier alpha value is -3.36. The number of ether oxygens (including phenoxy) is 1. The number of rotatable bonds is 5. The zero-order valence-corrected chi connectivity index (χ0v) is 19.2. The molecule has 2 aliphatic rings. The van der Waals surface area contributed by atoms with Crippen LogP contribution in [-0.2, 0) is 9.53 Å². The fraction of sp³-hybridized carbons (Fsp3) is 0.320. The summed E-state index contributed by atoms with van der Waals surface area (Å²) in [4.78, 5) is 42.5. The van der Waals surface area contributed by atoms with Crippen molar-refractivity contribution in [2.45, 2.75) is 31.3 Å². The molecule has 8 nitrogen and oxygen atoms in total. The Morgan fingerprint density at radius 3 is 2.38 bits per heavy atom. The predicted molar refractivity (Wildman–Crippen MR) is 129 cm³/mol. The molecule has 2 atom stereocenters. The van der Waals surface area contributed by atoms with Crippen LogP contribution in [0, 0.1) is 0 Å². The third-order valence-corrected chi connectivity index (χ3v) is 6.78. The van der Waals surface area contributed by atoms with Crippen molar-refractivity contribution in [2.24, 2.45) is 0 Å². The van der Waals surface area contributed by atoms with E-state index in [1.54, 1.807) is 47.5 Å². The molecule has 2 aromatic carbocycles. The van der Waals surface area contributed by atoms with Gasteiger partial charge in [-0.25, -0.2) is 0 Å². The first-order chi connectivity index (χ1) is 16.5. The number of anilines is 1. The first-order valence-corrected chi connectivity index (χ1v) is 11.7. The lowest BCUT2D eigenvalue weighted by atomic mass is 10.1. The predicted octanol–water partition coefficient (Wildman–Crippen LogP) is 3.27. The van der Waals surface area contributed by atoms with Crippen molar-refractivity contribution >= 4 is 45.9 Å². The summed E-state index contributed by atoms with van der Waals surface area (Å²) in [5, 5.41) is 7.62. The molecule has 0 bridgehead atoms. The van der Waals surface area contributed by atoms with Crippen LogP contribution < -0.4 is 15.5 Å². The summed E-state index contributed by atoms with van der Waals surface area (Å²) >= 11 is 6.12. The van der Waals surface area contributed by atoms with Crippen LogP contribution in [-0.4, -0.2) is 54.5 Å². The van der Waals surface area contributed by atoms with Crippen LogP contribution in [0.4, 0.5) is 5.69 Å². The number of nitrogens with zero attached hydrogens (tertiary/aromatic N) is 1. The summed E-state index contributed by atoms with van der Waals surface area (Å²) in [5.41, 5.74) is 2.60. The average molecular weight is 481 g/mol. The van der Waals surface area contributed by atoms with E-state index in [2.05, 4.69) is 15.6 Å². The number of benzene rings is 2. The summed E-state index contributed by atoms with van der Waals surface area (Å²) in [5.74, 6) is -0.474. The molecule has 1 aliphatic heterocycles. The van der Waals surface area contributed by atoms with Gasteiger partial charge in [-0.3, -0.25) is 14.4 Å². The Kier molecular flexibility index (Phi) is 6.26. The first-order valence-electron chi connectivity index (χ1n) is 11.4. The highest BCUT2D eigenvalue weighted by Gasteiger charge is 2.30. The van der Waals surface area contributed by atoms with E-state index in [4.69, 9.17) is 16.3 Å². The van der Waals surface area contributed by atoms with Gasteiger partial charge in [0.15, 0.2) is 0 Å². The molecule has 1 saturated carbocycles. The number of nitrogens with one attached hydrogen (secondary N) is 3. The summed E-state index contributed by atoms with van der Waals surface area (Å²) in [6, 6.07) is 12.0. The molecule has 176 valence electrons. The summed E-state index contributed by atoms with van der Waals surface area (Å²) < 4.78 is 5.16. The number of H-pyrrole nitrogens is 1. The van der Waals surface area contributed by atoms with Crippen LogP contribution in [0.3, 0.4) is 0 Å². The number of aromatic amines is 1. The minimum absolute atomic E-state index is 0.0730. The van der Waals surface area contributed by atoms with Gasteiger partial charge >= 0.3 is 0 Å². The van der Waals surface area contributed by atoms with Gasteiger partial charge in [0.25, 0.3) is 17.7 Å². The van der Waals surface area contributed by atoms with Gasteiger partial charge in [-0.1, -0.05) is 17.7 Å². The lowest BCUT2D eigenvalue weighted by Gasteiger charge is -2.27. The highest BCUT2D eigenvalue weighted by molar-refractivity contribution is 6.35. The zero-order valence-electron chi connectivity index (χ0n) is 18.5. The van der Waals surface area contributed by atoms with Crippen molar-refractivity contribution in [1.82, 2.24) is 15.6 Å². The van der Waals surface area contributed by atoms with Gasteiger partial charge in [-0.2, -0.15) is 0 Å². The van der Waals surface area contributed by atoms with Gasteiger partial charge in [0.1, 0.15) is 6.61 Å². The molecule has 5 rings (SSSR count). The first kappa shape index (κ1) is 22.4. The van der Waals surface area contributed by atoms with Crippen LogP contribution in [0.2, 0.25) is 5.02 Å². The molecule has 2 heterocycles. The molecule has 1 unspecified atom stereocenters. The molecule has 1 saturated heterocycles. The third-order valence-electron chi connectivity index (χ3n) is 6.47. The summed E-state index contributed by atoms with van der Waals surface area (Å²) in [7, 11) is 0. The molecule has 3 amide bonds. The number of halogens is 1. The molecule has 9 heteroatoms. The minimum atomic E-state index is -0.201. The Morgan fingerprint density at radius 2 is 1.68 bits per heavy atom. The number of fused-ring (bicyclic) bond motifs is 1. The number of hydrogen-bond donors (Lipinski definition) is 3. The normalized spacial score (nSPS) is 20.5. The molecule has 2 fully saturated rings. The molecule has 34 heavy (non-hydrogen) atoms. The van der Waals surface area contributed by atoms with E-state index in [1.165, 1.54) is 0 Å². The second-order valence-electron chi connectivity index (χ2n) is 8.63. The maximum atomic E-state index is 12.9. The molecule has 0 radical (unpaired) electrons. The topological polar surface area (TPSA) is 104 Å². The molecule has 3 N–H and O–H groups in total. The monoisotopic (exact) mass is 480 g/mol. The molecule has 3 aromatic rings. The van der Waals surface area contributed by atoms with Crippen molar-refractivity contribution in [1.29, 1.82) is 0 Å². The second-order valence-corrected chi connectivity index (χ2v) is 9.04. The van der Waals surface area contributed by atoms with Gasteiger partial charge in [0, 0.05) is 52.5 Å². The van der Waals surface area contributed by atoms with E-state index in [0.29, 0.717) is 29.3 Å². The van der Waals surface area contributed by atoms with Gasteiger partial charge < -0.3 is 25.3 Å². The van der Waals surface area contributed by atoms with E-state index < -0.39 is 0 Å². The fourth-order valence-corrected chi connectivity index (χ4v) is 4.84. The smallest absolute Gasteiger partial charge is 0.253 e. The Balaban J connectivity index is 1.21. The molecular formula is C25H25ClN4O4. The average Bonchev–Trinajstić information content (AvgIpc) is 3.45. The van der Waals surface area contributed by atoms with E-state index in [1.807, 2.05) is 6.07 Å². The SMILES string of the molecule is O=C(NC1CCC[C@H]1NC(=O)c1ccc2c(Cl)c[nH]c2c1)c1ccc(N2CCOCC2=O)cc1. The number of carbonyl (C=O) groups is 3. The second kappa shape index (κ2) is 9.48. The van der Waals surface area contributed by atoms with E-state index in [-0.39, 0.29) is 36.4 Å². The quantitative estimate of drug-likeness (QED) is 0.521. The lowest BCUT2D eigenvalue weighted by molar-refractivity contribution is -0.125. The van der Waals surface area contributed by atoms with Crippen LogP contribution in [0.15, 0.2) is 48.7 Å². The van der Waals surface area contributed by atoms with Gasteiger partial charge in [-0.15, -0.1) is 0 Å². The molecular weight excluding hydrogens is 456 g/mol. The number of aromatic nitrogens is 1. The van der Waals surface area contributed by atoms with Crippen LogP contribution in [0.1, 0.15) is 40.0 Å². The highest BCUT2D eigenvalue weighted by Crippen LogP contribution is 2.25. The number of hydrogen-bond acceptors (Lipinski definition) is 4. The molecule has 0 spiro atoms. The fourth-order valence-electron chi connectivity index (χ4n) is 4.62. The zero-order chi connectivity index (χ0) is 23.7. The van der Waals surface area contributed by atoms with Crippen LogP contribution in [0.25, 0.3) is 10.9 Å². The Morgan fingerprint density at radius 1 is 1.00 bits per heavy atom. The van der Waals surface area contributed by atoms with Crippen LogP contribution >= 0.6 is 11.6 Å². The summed E-state index contributed by atoms with van der Waals surface area (Å²) in [6.07, 6.45) is 4.20. The minimum Gasteiger partial charge on any atom is -0.370 e. The Labute approximate surface area is 201 Å². The lowest BCUT2D eigenvalue weighted by Crippen LogP contribution is -2.48. The standard InChI is InChI=1S/C25H25ClN4O4/c26-19-13-27-22-12-16(6-9-18(19)22)25(33)29-21-3-1-2-20(21)28-24(32)15-4-7-17(8-5-15)30-10-11-34-14-23(30)31/h4-9,12-13,20-21,27H,1-3,10-11,14H2,(H,28,32)(H,29,33)/t20?,21-/m1/s1. The third kappa shape index (κ3) is 4.51. The highest BCUT2D eigenvalue weighted by atomic mass is 35.5. The van der Waals surface area contributed by atoms with Crippen molar-refractivity contribution < 1.29 is 19.1 Å². The maximum absolute atomic E-state index is 12.9. The van der Waals surface area contributed by atoms with Crippen LogP contribution in [0.5, 0.6) is 0 Å². The molecule has 1 aromatic heterocycles. The van der Waals surface area contributed by atoms with E-state index >= 15 is 0 Å². The van der Waals surface area contributed by atoms with Gasteiger partial charge in [0.2, 0.25) is 0 Å². The maximum Gasteiger partial charge on any atom is 0.253 e. The number of morpholine rings is 1. The largest absolute Gasteiger partial charge is 0.370 e. The van der Waals surface area contributed by atoms with Crippen molar-refractivity contribution in [2.75, 3.05) is 24.7 Å². The van der Waals surface area contributed by atoms with Crippen molar-refractivity contribution in [3.8, 4) is 0 Å². The van der Waals surface area contributed by atoms with E-state index in [0.717, 1.165) is 35.9 Å². The molecule has 1 aliphatic carbocycles. The van der Waals surface area contributed by atoms with Gasteiger partial charge in [0.05, 0.1) is 11.6 Å². The van der Waals surface area contributed by atoms with Crippen molar-refractivity contribution in [3.63, 3.8) is 0 Å². The number of carbonyl (C=O) groups excluding carboxylic acids is 3. The van der Waals surface area contributed by atoms with E-state index in [9.17, 15) is 14.4 Å². The van der Waals surface area contributed by atoms with Gasteiger partial charge in [-0.05, 0) is 55.7 Å². The number of amides is 3. The summed E-state index contributed by atoms with van der Waals surface area (Å²) in [6.45, 7) is 1.07.